The zero-order valence-corrected chi connectivity index (χ0v) is 17.3. The van der Waals surface area contributed by atoms with Gasteiger partial charge >= 0.3 is 0 Å². The van der Waals surface area contributed by atoms with Crippen molar-refractivity contribution in [2.45, 2.75) is 52.0 Å². The molecule has 1 heterocycles. The van der Waals surface area contributed by atoms with Crippen molar-refractivity contribution >= 4 is 40.5 Å². The summed E-state index contributed by atoms with van der Waals surface area (Å²) in [5.41, 5.74) is 0.798. The number of amidine groups is 1. The number of benzene rings is 1. The first kappa shape index (κ1) is 20.1. The van der Waals surface area contributed by atoms with Crippen molar-refractivity contribution in [2.24, 2.45) is 4.99 Å². The molecule has 2 aliphatic rings. The number of aliphatic imine (C=N–C) groups is 1. The van der Waals surface area contributed by atoms with Gasteiger partial charge in [-0.05, 0) is 61.7 Å². The van der Waals surface area contributed by atoms with Crippen molar-refractivity contribution in [3.05, 3.63) is 27.6 Å². The van der Waals surface area contributed by atoms with Gasteiger partial charge in [-0.1, -0.05) is 31.4 Å². The number of nitrogens with zero attached hydrogens (tertiary/aromatic N) is 1. The van der Waals surface area contributed by atoms with Gasteiger partial charge in [0.05, 0.1) is 29.2 Å². The number of nitrogens with one attached hydrogen (secondary N) is 1. The Labute approximate surface area is 169 Å². The Morgan fingerprint density at radius 1 is 1.30 bits per heavy atom. The van der Waals surface area contributed by atoms with Gasteiger partial charge in [-0.2, -0.15) is 0 Å². The summed E-state index contributed by atoms with van der Waals surface area (Å²) >= 11 is 7.78. The van der Waals surface area contributed by atoms with E-state index in [4.69, 9.17) is 21.1 Å². The Morgan fingerprint density at radius 2 is 2.07 bits per heavy atom. The van der Waals surface area contributed by atoms with E-state index in [1.165, 1.54) is 24.6 Å². The first-order valence-electron chi connectivity index (χ1n) is 9.48. The number of thioether (sulfide) groups is 1. The number of ether oxygens (including phenoxy) is 2. The molecule has 0 aromatic heterocycles. The van der Waals surface area contributed by atoms with E-state index in [1.54, 1.807) is 6.07 Å². The van der Waals surface area contributed by atoms with Gasteiger partial charge in [-0.25, -0.2) is 0 Å². The fourth-order valence-corrected chi connectivity index (χ4v) is 4.28. The van der Waals surface area contributed by atoms with E-state index in [0.717, 1.165) is 24.8 Å². The molecular weight excluding hydrogens is 384 g/mol. The van der Waals surface area contributed by atoms with Crippen LogP contribution in [0.2, 0.25) is 5.02 Å². The van der Waals surface area contributed by atoms with Crippen molar-refractivity contribution < 1.29 is 14.3 Å². The van der Waals surface area contributed by atoms with Crippen LogP contribution in [0.3, 0.4) is 0 Å². The summed E-state index contributed by atoms with van der Waals surface area (Å²) in [7, 11) is 0. The summed E-state index contributed by atoms with van der Waals surface area (Å²) in [5, 5.41) is 4.03. The Morgan fingerprint density at radius 3 is 2.78 bits per heavy atom. The number of rotatable bonds is 7. The van der Waals surface area contributed by atoms with E-state index < -0.39 is 0 Å². The van der Waals surface area contributed by atoms with E-state index in [2.05, 4.69) is 10.3 Å². The summed E-state index contributed by atoms with van der Waals surface area (Å²) in [5.74, 6) is 1.01. The van der Waals surface area contributed by atoms with Crippen LogP contribution in [0, 0.1) is 0 Å². The maximum absolute atomic E-state index is 12.3. The average Bonchev–Trinajstić information content (AvgIpc) is 3.25. The highest BCUT2D eigenvalue weighted by Gasteiger charge is 2.26. The lowest BCUT2D eigenvalue weighted by atomic mass is 10.2. The van der Waals surface area contributed by atoms with Crippen LogP contribution in [-0.4, -0.2) is 30.3 Å². The Bertz CT molecular complexity index is 758. The third-order valence-electron chi connectivity index (χ3n) is 4.36. The van der Waals surface area contributed by atoms with Crippen LogP contribution >= 0.6 is 23.4 Å². The molecule has 1 aromatic carbocycles. The minimum atomic E-state index is -0.128. The second kappa shape index (κ2) is 9.51. The SMILES string of the molecule is CCCOc1c(Cl)cc(/C=C2\SC(=NC3CCCC3)NC2=O)cc1OCC. The monoisotopic (exact) mass is 408 g/mol. The van der Waals surface area contributed by atoms with E-state index in [0.29, 0.717) is 45.9 Å². The molecule has 0 radical (unpaired) electrons. The lowest BCUT2D eigenvalue weighted by Crippen LogP contribution is -2.21. The summed E-state index contributed by atoms with van der Waals surface area (Å²) in [6.07, 6.45) is 7.33. The van der Waals surface area contributed by atoms with Gasteiger partial charge in [0.1, 0.15) is 0 Å². The van der Waals surface area contributed by atoms with Crippen LogP contribution < -0.4 is 14.8 Å². The maximum atomic E-state index is 12.3. The number of carbonyl (C=O) groups is 1. The highest BCUT2D eigenvalue weighted by molar-refractivity contribution is 8.18. The topological polar surface area (TPSA) is 59.9 Å². The Balaban J connectivity index is 1.82. The molecule has 0 atom stereocenters. The molecule has 0 bridgehead atoms. The molecule has 0 unspecified atom stereocenters. The van der Waals surface area contributed by atoms with Gasteiger partial charge in [0, 0.05) is 0 Å². The molecule has 146 valence electrons. The predicted octanol–water partition coefficient (Wildman–Crippen LogP) is 5.03. The van der Waals surface area contributed by atoms with Gasteiger partial charge < -0.3 is 14.8 Å². The molecular formula is C20H25ClN2O3S. The van der Waals surface area contributed by atoms with Crippen LogP contribution in [0.1, 0.15) is 51.5 Å². The van der Waals surface area contributed by atoms with Crippen LogP contribution in [0.15, 0.2) is 22.0 Å². The van der Waals surface area contributed by atoms with Crippen molar-refractivity contribution in [3.8, 4) is 11.5 Å². The zero-order valence-electron chi connectivity index (χ0n) is 15.7. The summed E-state index contributed by atoms with van der Waals surface area (Å²) in [6, 6.07) is 3.98. The highest BCUT2D eigenvalue weighted by Crippen LogP contribution is 2.38. The number of hydrogen-bond donors (Lipinski definition) is 1. The van der Waals surface area contributed by atoms with Crippen LogP contribution in [0.25, 0.3) is 6.08 Å². The fourth-order valence-electron chi connectivity index (χ4n) is 3.12. The molecule has 5 nitrogen and oxygen atoms in total. The fraction of sp³-hybridized carbons (Fsp3) is 0.500. The molecule has 7 heteroatoms. The molecule has 1 amide bonds. The van der Waals surface area contributed by atoms with Crippen LogP contribution in [-0.2, 0) is 4.79 Å². The molecule has 1 aromatic rings. The van der Waals surface area contributed by atoms with E-state index in [9.17, 15) is 4.79 Å². The third kappa shape index (κ3) is 5.20. The van der Waals surface area contributed by atoms with Crippen molar-refractivity contribution in [1.29, 1.82) is 0 Å². The van der Waals surface area contributed by atoms with Crippen molar-refractivity contribution in [2.75, 3.05) is 13.2 Å². The predicted molar refractivity (Wildman–Crippen MR) is 112 cm³/mol. The Hall–Kier alpha value is -1.66. The molecule has 27 heavy (non-hydrogen) atoms. The van der Waals surface area contributed by atoms with Gasteiger partial charge in [-0.3, -0.25) is 9.79 Å². The molecule has 1 aliphatic carbocycles. The molecule has 1 saturated heterocycles. The van der Waals surface area contributed by atoms with Crippen molar-refractivity contribution in [3.63, 3.8) is 0 Å². The molecule has 1 saturated carbocycles. The smallest absolute Gasteiger partial charge is 0.264 e. The summed E-state index contributed by atoms with van der Waals surface area (Å²) in [6.45, 7) is 5.02. The first-order valence-corrected chi connectivity index (χ1v) is 10.7. The number of amides is 1. The van der Waals surface area contributed by atoms with E-state index in [1.807, 2.05) is 26.0 Å². The molecule has 3 rings (SSSR count). The van der Waals surface area contributed by atoms with Gasteiger partial charge in [-0.15, -0.1) is 0 Å². The van der Waals surface area contributed by atoms with E-state index in [-0.39, 0.29) is 5.91 Å². The third-order valence-corrected chi connectivity index (χ3v) is 5.56. The summed E-state index contributed by atoms with van der Waals surface area (Å²) in [4.78, 5) is 17.6. The lowest BCUT2D eigenvalue weighted by molar-refractivity contribution is -0.115. The van der Waals surface area contributed by atoms with Crippen LogP contribution in [0.4, 0.5) is 0 Å². The molecule has 1 N–H and O–H groups in total. The largest absolute Gasteiger partial charge is 0.490 e. The minimum Gasteiger partial charge on any atom is -0.490 e. The average molecular weight is 409 g/mol. The first-order chi connectivity index (χ1) is 13.1. The second-order valence-electron chi connectivity index (χ2n) is 6.55. The standard InChI is InChI=1S/C20H25ClN2O3S/c1-3-9-26-18-15(21)10-13(11-16(18)25-4-2)12-17-19(24)23-20(27-17)22-14-7-5-6-8-14/h10-12,14H,3-9H2,1-2H3,(H,22,23,24)/b17-12-. The molecule has 2 fully saturated rings. The number of halogens is 1. The molecule has 1 aliphatic heterocycles. The normalized spacial score (nSPS) is 20.5. The quantitative estimate of drug-likeness (QED) is 0.643. The van der Waals surface area contributed by atoms with Crippen molar-refractivity contribution in [1.82, 2.24) is 5.32 Å². The highest BCUT2D eigenvalue weighted by atomic mass is 35.5. The van der Waals surface area contributed by atoms with Gasteiger partial charge in [0.25, 0.3) is 5.91 Å². The minimum absolute atomic E-state index is 0.128. The Kier molecular flexibility index (Phi) is 7.07. The number of carbonyl (C=O) groups excluding carboxylic acids is 1. The van der Waals surface area contributed by atoms with Crippen LogP contribution in [0.5, 0.6) is 11.5 Å². The molecule has 0 spiro atoms. The van der Waals surface area contributed by atoms with E-state index >= 15 is 0 Å². The zero-order chi connectivity index (χ0) is 19.2. The number of hydrogen-bond acceptors (Lipinski definition) is 5. The maximum Gasteiger partial charge on any atom is 0.264 e. The summed E-state index contributed by atoms with van der Waals surface area (Å²) < 4.78 is 11.4. The lowest BCUT2D eigenvalue weighted by Gasteiger charge is -2.14. The second-order valence-corrected chi connectivity index (χ2v) is 7.99. The van der Waals surface area contributed by atoms with Gasteiger partial charge in [0.2, 0.25) is 0 Å². The van der Waals surface area contributed by atoms with Gasteiger partial charge in [0.15, 0.2) is 16.7 Å².